The van der Waals surface area contributed by atoms with Gasteiger partial charge in [-0.15, -0.1) is 0 Å². The van der Waals surface area contributed by atoms with Crippen LogP contribution in [0.3, 0.4) is 0 Å². The molecule has 2 N–H and O–H groups in total. The van der Waals surface area contributed by atoms with E-state index in [1.165, 1.54) is 67.9 Å². The summed E-state index contributed by atoms with van der Waals surface area (Å²) < 4.78 is 23.4. The highest BCUT2D eigenvalue weighted by Crippen LogP contribution is 2.28. The minimum absolute atomic E-state index is 0.0794. The molecule has 35 heavy (non-hydrogen) atoms. The number of nitrogens with one attached hydrogen (secondary N) is 2. The number of nitro benzene ring substituents is 1. The third-order valence-corrected chi connectivity index (χ3v) is 4.39. The van der Waals surface area contributed by atoms with E-state index in [0.29, 0.717) is 5.56 Å². The highest BCUT2D eigenvalue weighted by atomic mass is 19.1. The first-order valence-corrected chi connectivity index (χ1v) is 9.81. The zero-order valence-corrected chi connectivity index (χ0v) is 18.1. The molecule has 0 heterocycles. The van der Waals surface area contributed by atoms with Gasteiger partial charge in [-0.25, -0.2) is 14.6 Å². The van der Waals surface area contributed by atoms with Crippen molar-refractivity contribution in [2.24, 2.45) is 5.10 Å². The summed E-state index contributed by atoms with van der Waals surface area (Å²) in [5, 5.41) is 16.7. The molecule has 0 unspecified atom stereocenters. The maximum Gasteiger partial charge on any atom is 0.343 e. The summed E-state index contributed by atoms with van der Waals surface area (Å²) in [5.74, 6) is -3.04. The Morgan fingerprint density at radius 1 is 0.971 bits per heavy atom. The number of halogens is 1. The average Bonchev–Trinajstić information content (AvgIpc) is 2.86. The summed E-state index contributed by atoms with van der Waals surface area (Å²) >= 11 is 0. The van der Waals surface area contributed by atoms with Crippen LogP contribution in [0, 0.1) is 15.9 Å². The SMILES string of the molecule is COc1cc(/C=N/NC(=O)C(=O)Nc2ccc(F)cc2)ccc1OC(=O)c1ccc([N+](=O)[O-])cc1. The molecular weight excluding hydrogens is 463 g/mol. The second-order valence-corrected chi connectivity index (χ2v) is 6.76. The first-order valence-electron chi connectivity index (χ1n) is 9.81. The Labute approximate surface area is 197 Å². The molecule has 0 aromatic heterocycles. The van der Waals surface area contributed by atoms with Crippen molar-refractivity contribution in [2.45, 2.75) is 0 Å². The number of benzene rings is 3. The largest absolute Gasteiger partial charge is 0.493 e. The summed E-state index contributed by atoms with van der Waals surface area (Å²) in [4.78, 5) is 46.2. The van der Waals surface area contributed by atoms with Gasteiger partial charge in [0.1, 0.15) is 5.82 Å². The summed E-state index contributed by atoms with van der Waals surface area (Å²) in [6, 6.07) is 14.2. The van der Waals surface area contributed by atoms with Gasteiger partial charge in [0.15, 0.2) is 11.5 Å². The average molecular weight is 480 g/mol. The predicted octanol–water partition coefficient (Wildman–Crippen LogP) is 3.05. The number of non-ortho nitro benzene ring substituents is 1. The van der Waals surface area contributed by atoms with E-state index in [9.17, 15) is 28.9 Å². The zero-order valence-electron chi connectivity index (χ0n) is 18.1. The molecule has 0 aliphatic carbocycles. The van der Waals surface area contributed by atoms with E-state index < -0.39 is 28.5 Å². The molecule has 0 saturated carbocycles. The van der Waals surface area contributed by atoms with Gasteiger partial charge in [-0.05, 0) is 60.2 Å². The molecule has 0 aliphatic heterocycles. The molecule has 0 atom stereocenters. The third kappa shape index (κ3) is 6.68. The number of rotatable bonds is 7. The minimum atomic E-state index is -1.05. The van der Waals surface area contributed by atoms with Gasteiger partial charge in [0.25, 0.3) is 5.69 Å². The molecule has 0 aliphatic rings. The number of ether oxygens (including phenoxy) is 2. The number of methoxy groups -OCH3 is 1. The van der Waals surface area contributed by atoms with E-state index in [4.69, 9.17) is 9.47 Å². The molecule has 3 rings (SSSR count). The number of nitrogens with zero attached hydrogens (tertiary/aromatic N) is 2. The van der Waals surface area contributed by atoms with Crippen molar-refractivity contribution in [3.63, 3.8) is 0 Å². The highest BCUT2D eigenvalue weighted by Gasteiger charge is 2.15. The fourth-order valence-corrected chi connectivity index (χ4v) is 2.66. The van der Waals surface area contributed by atoms with Crippen LogP contribution in [0.5, 0.6) is 11.5 Å². The number of hydrazone groups is 1. The Morgan fingerprint density at radius 2 is 1.66 bits per heavy atom. The first-order chi connectivity index (χ1) is 16.8. The number of amides is 2. The molecule has 3 aromatic rings. The van der Waals surface area contributed by atoms with Crippen LogP contribution in [0.1, 0.15) is 15.9 Å². The van der Waals surface area contributed by atoms with Gasteiger partial charge in [0.05, 0.1) is 23.8 Å². The minimum Gasteiger partial charge on any atom is -0.493 e. The van der Waals surface area contributed by atoms with Gasteiger partial charge < -0.3 is 14.8 Å². The van der Waals surface area contributed by atoms with Crippen LogP contribution < -0.4 is 20.2 Å². The van der Waals surface area contributed by atoms with E-state index in [-0.39, 0.29) is 28.4 Å². The van der Waals surface area contributed by atoms with Crippen LogP contribution in [0.15, 0.2) is 71.8 Å². The predicted molar refractivity (Wildman–Crippen MR) is 122 cm³/mol. The Bertz CT molecular complexity index is 1290. The lowest BCUT2D eigenvalue weighted by Gasteiger charge is -2.10. The molecule has 0 spiro atoms. The van der Waals surface area contributed by atoms with Crippen molar-refractivity contribution in [1.29, 1.82) is 0 Å². The van der Waals surface area contributed by atoms with Crippen LogP contribution in [0.4, 0.5) is 15.8 Å². The zero-order chi connectivity index (χ0) is 25.4. The second-order valence-electron chi connectivity index (χ2n) is 6.76. The number of esters is 1. The van der Waals surface area contributed by atoms with E-state index >= 15 is 0 Å². The maximum absolute atomic E-state index is 12.9. The summed E-state index contributed by atoms with van der Waals surface area (Å²) in [6.07, 6.45) is 1.23. The van der Waals surface area contributed by atoms with Gasteiger partial charge in [-0.1, -0.05) is 0 Å². The second kappa shape index (κ2) is 11.1. The van der Waals surface area contributed by atoms with E-state index in [2.05, 4.69) is 15.8 Å². The van der Waals surface area contributed by atoms with Gasteiger partial charge in [-0.3, -0.25) is 19.7 Å². The van der Waals surface area contributed by atoms with Gasteiger partial charge in [0.2, 0.25) is 0 Å². The van der Waals surface area contributed by atoms with Crippen molar-refractivity contribution in [3.05, 3.63) is 93.8 Å². The quantitative estimate of drug-likeness (QED) is 0.132. The molecule has 178 valence electrons. The molecule has 0 radical (unpaired) electrons. The van der Waals surface area contributed by atoms with Crippen LogP contribution in [-0.4, -0.2) is 36.0 Å². The molecule has 2 amide bonds. The third-order valence-electron chi connectivity index (χ3n) is 4.39. The monoisotopic (exact) mass is 480 g/mol. The number of hydrogen-bond donors (Lipinski definition) is 2. The normalized spacial score (nSPS) is 10.5. The van der Waals surface area contributed by atoms with Crippen LogP contribution in [-0.2, 0) is 9.59 Å². The first kappa shape index (κ1) is 24.5. The lowest BCUT2D eigenvalue weighted by atomic mass is 10.2. The fraction of sp³-hybridized carbons (Fsp3) is 0.0435. The number of carbonyl (C=O) groups is 3. The molecule has 3 aromatic carbocycles. The number of anilines is 1. The standard InChI is InChI=1S/C23H17FN4O7/c1-34-20-12-14(13-25-27-22(30)21(29)26-17-7-5-16(24)6-8-17)2-11-19(20)35-23(31)15-3-9-18(10-4-15)28(32)33/h2-13H,1H3,(H,26,29)(H,27,30)/b25-13+. The van der Waals surface area contributed by atoms with E-state index in [1.807, 2.05) is 0 Å². The lowest BCUT2D eigenvalue weighted by Crippen LogP contribution is -2.32. The Kier molecular flexibility index (Phi) is 7.80. The van der Waals surface area contributed by atoms with Gasteiger partial charge in [-0.2, -0.15) is 5.10 Å². The summed E-state index contributed by atoms with van der Waals surface area (Å²) in [7, 11) is 1.35. The molecule has 0 fully saturated rings. The van der Waals surface area contributed by atoms with Crippen LogP contribution in [0.25, 0.3) is 0 Å². The molecular formula is C23H17FN4O7. The highest BCUT2D eigenvalue weighted by molar-refractivity contribution is 6.39. The summed E-state index contributed by atoms with van der Waals surface area (Å²) in [5.41, 5.74) is 2.67. The van der Waals surface area contributed by atoms with Crippen molar-refractivity contribution in [3.8, 4) is 11.5 Å². The Hall–Kier alpha value is -5.13. The maximum atomic E-state index is 12.9. The van der Waals surface area contributed by atoms with E-state index in [1.54, 1.807) is 0 Å². The molecule has 12 heteroatoms. The number of carbonyl (C=O) groups excluding carboxylic acids is 3. The van der Waals surface area contributed by atoms with Crippen molar-refractivity contribution in [2.75, 3.05) is 12.4 Å². The van der Waals surface area contributed by atoms with E-state index in [0.717, 1.165) is 12.1 Å². The number of nitro groups is 1. The summed E-state index contributed by atoms with van der Waals surface area (Å²) in [6.45, 7) is 0. The smallest absolute Gasteiger partial charge is 0.343 e. The lowest BCUT2D eigenvalue weighted by molar-refractivity contribution is -0.384. The molecule has 0 bridgehead atoms. The van der Waals surface area contributed by atoms with Crippen LogP contribution in [0.2, 0.25) is 0 Å². The molecule has 0 saturated heterocycles. The fourth-order valence-electron chi connectivity index (χ4n) is 2.66. The van der Waals surface area contributed by atoms with Gasteiger partial charge in [0, 0.05) is 17.8 Å². The number of hydrogen-bond acceptors (Lipinski definition) is 8. The van der Waals surface area contributed by atoms with Crippen molar-refractivity contribution >= 4 is 35.4 Å². The topological polar surface area (TPSA) is 149 Å². The Morgan fingerprint density at radius 3 is 2.29 bits per heavy atom. The van der Waals surface area contributed by atoms with Crippen LogP contribution >= 0.6 is 0 Å². The Balaban J connectivity index is 1.60. The van der Waals surface area contributed by atoms with Crippen molar-refractivity contribution in [1.82, 2.24) is 5.43 Å². The van der Waals surface area contributed by atoms with Gasteiger partial charge >= 0.3 is 17.8 Å². The van der Waals surface area contributed by atoms with Crippen molar-refractivity contribution < 1.29 is 33.2 Å². The molecule has 11 nitrogen and oxygen atoms in total.